The van der Waals surface area contributed by atoms with E-state index < -0.39 is 11.7 Å². The summed E-state index contributed by atoms with van der Waals surface area (Å²) >= 11 is 5.70. The fourth-order valence-corrected chi connectivity index (χ4v) is 2.29. The molecule has 1 aromatic heterocycles. The molecule has 1 aromatic rings. The van der Waals surface area contributed by atoms with Gasteiger partial charge in [-0.1, -0.05) is 18.5 Å². The molecular weight excluding hydrogens is 281 g/mol. The first-order valence-corrected chi connectivity index (χ1v) is 6.38. The van der Waals surface area contributed by atoms with Crippen molar-refractivity contribution >= 4 is 17.4 Å². The van der Waals surface area contributed by atoms with Crippen molar-refractivity contribution in [2.75, 3.05) is 24.7 Å². The molecule has 0 aromatic carbocycles. The molecule has 1 aliphatic heterocycles. The molecule has 0 N–H and O–H groups in total. The number of alkyl halides is 3. The highest BCUT2D eigenvalue weighted by Crippen LogP contribution is 2.33. The van der Waals surface area contributed by atoms with Crippen LogP contribution in [0.5, 0.6) is 0 Å². The van der Waals surface area contributed by atoms with Crippen molar-refractivity contribution in [2.45, 2.75) is 25.6 Å². The molecule has 0 aliphatic carbocycles. The van der Waals surface area contributed by atoms with Gasteiger partial charge in [0.05, 0.1) is 24.8 Å². The van der Waals surface area contributed by atoms with Gasteiger partial charge in [0.2, 0.25) is 0 Å². The number of morpholine rings is 1. The van der Waals surface area contributed by atoms with E-state index in [0.29, 0.717) is 19.8 Å². The topological polar surface area (TPSA) is 25.4 Å². The zero-order chi connectivity index (χ0) is 14.0. The molecule has 0 bridgehead atoms. The first kappa shape index (κ1) is 14.4. The van der Waals surface area contributed by atoms with Gasteiger partial charge in [-0.05, 0) is 18.6 Å². The van der Waals surface area contributed by atoms with Crippen molar-refractivity contribution < 1.29 is 17.9 Å². The zero-order valence-electron chi connectivity index (χ0n) is 10.4. The summed E-state index contributed by atoms with van der Waals surface area (Å²) in [5, 5.41) is -0.147. The Labute approximate surface area is 114 Å². The van der Waals surface area contributed by atoms with Crippen LogP contribution in [0.1, 0.15) is 18.9 Å². The Morgan fingerprint density at radius 2 is 2.21 bits per heavy atom. The standard InChI is InChI=1S/C12H14ClF3N2O/c1-2-9-7-19-4-3-18(9)11-6-8(12(14,15)16)5-10(13)17-11/h5-6,9H,2-4,7H2,1H3. The number of hydrogen-bond donors (Lipinski definition) is 0. The lowest BCUT2D eigenvalue weighted by Gasteiger charge is -2.36. The van der Waals surface area contributed by atoms with Crippen LogP contribution < -0.4 is 4.90 Å². The summed E-state index contributed by atoms with van der Waals surface area (Å²) in [6.45, 7) is 3.45. The van der Waals surface area contributed by atoms with Gasteiger partial charge >= 0.3 is 6.18 Å². The largest absolute Gasteiger partial charge is 0.416 e. The van der Waals surface area contributed by atoms with E-state index in [9.17, 15) is 13.2 Å². The number of aromatic nitrogens is 1. The Balaban J connectivity index is 2.35. The van der Waals surface area contributed by atoms with Gasteiger partial charge < -0.3 is 9.64 Å². The summed E-state index contributed by atoms with van der Waals surface area (Å²) in [6, 6.07) is 1.91. The SMILES string of the molecule is CCC1COCCN1c1cc(C(F)(F)F)cc(Cl)n1. The van der Waals surface area contributed by atoms with Gasteiger partial charge in [-0.25, -0.2) is 4.98 Å². The smallest absolute Gasteiger partial charge is 0.377 e. The van der Waals surface area contributed by atoms with Gasteiger partial charge in [-0.2, -0.15) is 13.2 Å². The molecule has 1 saturated heterocycles. The maximum Gasteiger partial charge on any atom is 0.416 e. The third kappa shape index (κ3) is 3.30. The molecule has 0 radical (unpaired) electrons. The predicted octanol–water partition coefficient (Wildman–Crippen LogP) is 3.37. The van der Waals surface area contributed by atoms with Crippen molar-refractivity contribution in [3.05, 3.63) is 22.8 Å². The molecule has 1 unspecified atom stereocenters. The Morgan fingerprint density at radius 3 is 2.84 bits per heavy atom. The van der Waals surface area contributed by atoms with E-state index in [1.54, 1.807) is 0 Å². The Hall–Kier alpha value is -1.01. The fourth-order valence-electron chi connectivity index (χ4n) is 2.09. The lowest BCUT2D eigenvalue weighted by Crippen LogP contribution is -2.45. The fraction of sp³-hybridized carbons (Fsp3) is 0.583. The van der Waals surface area contributed by atoms with Crippen LogP contribution in [0, 0.1) is 0 Å². The van der Waals surface area contributed by atoms with E-state index in [1.807, 2.05) is 11.8 Å². The Bertz CT molecular complexity index is 453. The van der Waals surface area contributed by atoms with Crippen LogP contribution in [-0.2, 0) is 10.9 Å². The summed E-state index contributed by atoms with van der Waals surface area (Å²) in [4.78, 5) is 5.83. The average Bonchev–Trinajstić information content (AvgIpc) is 2.37. The van der Waals surface area contributed by atoms with Gasteiger partial charge in [-0.3, -0.25) is 0 Å². The van der Waals surface area contributed by atoms with Gasteiger partial charge in [-0.15, -0.1) is 0 Å². The Morgan fingerprint density at radius 1 is 1.47 bits per heavy atom. The highest BCUT2D eigenvalue weighted by Gasteiger charge is 2.33. The summed E-state index contributed by atoms with van der Waals surface area (Å²) < 4.78 is 43.6. The van der Waals surface area contributed by atoms with Crippen molar-refractivity contribution in [3.63, 3.8) is 0 Å². The van der Waals surface area contributed by atoms with Gasteiger partial charge in [0.25, 0.3) is 0 Å². The maximum absolute atomic E-state index is 12.8. The minimum Gasteiger partial charge on any atom is -0.377 e. The lowest BCUT2D eigenvalue weighted by atomic mass is 10.1. The van der Waals surface area contributed by atoms with Crippen molar-refractivity contribution in [3.8, 4) is 0 Å². The summed E-state index contributed by atoms with van der Waals surface area (Å²) in [5.74, 6) is 0.259. The predicted molar refractivity (Wildman–Crippen MR) is 66.5 cm³/mol. The third-order valence-electron chi connectivity index (χ3n) is 3.10. The number of rotatable bonds is 2. The summed E-state index contributed by atoms with van der Waals surface area (Å²) in [6.07, 6.45) is -3.65. The van der Waals surface area contributed by atoms with Crippen LogP contribution in [0.2, 0.25) is 5.15 Å². The highest BCUT2D eigenvalue weighted by atomic mass is 35.5. The van der Waals surface area contributed by atoms with E-state index in [0.717, 1.165) is 18.6 Å². The second-order valence-corrected chi connectivity index (χ2v) is 4.75. The molecule has 19 heavy (non-hydrogen) atoms. The van der Waals surface area contributed by atoms with E-state index >= 15 is 0 Å². The molecule has 2 heterocycles. The van der Waals surface area contributed by atoms with Crippen molar-refractivity contribution in [2.24, 2.45) is 0 Å². The van der Waals surface area contributed by atoms with Crippen molar-refractivity contribution in [1.29, 1.82) is 0 Å². The van der Waals surface area contributed by atoms with Crippen LogP contribution in [0.15, 0.2) is 12.1 Å². The molecule has 3 nitrogen and oxygen atoms in total. The molecule has 0 amide bonds. The molecule has 1 fully saturated rings. The number of pyridine rings is 1. The Kier molecular flexibility index (Phi) is 4.20. The highest BCUT2D eigenvalue weighted by molar-refractivity contribution is 6.29. The van der Waals surface area contributed by atoms with Crippen molar-refractivity contribution in [1.82, 2.24) is 4.98 Å². The summed E-state index contributed by atoms with van der Waals surface area (Å²) in [5.41, 5.74) is -0.774. The number of nitrogens with zero attached hydrogens (tertiary/aromatic N) is 2. The minimum absolute atomic E-state index is 0.0285. The second kappa shape index (κ2) is 5.54. The first-order chi connectivity index (χ1) is 8.91. The molecule has 7 heteroatoms. The molecule has 1 aliphatic rings. The van der Waals surface area contributed by atoms with Crippen LogP contribution >= 0.6 is 11.6 Å². The third-order valence-corrected chi connectivity index (χ3v) is 3.29. The second-order valence-electron chi connectivity index (χ2n) is 4.36. The number of anilines is 1. The molecule has 106 valence electrons. The van der Waals surface area contributed by atoms with Crippen LogP contribution in [0.4, 0.5) is 19.0 Å². The maximum atomic E-state index is 12.8. The lowest BCUT2D eigenvalue weighted by molar-refractivity contribution is -0.137. The minimum atomic E-state index is -4.42. The molecule has 1 atom stereocenters. The normalized spacial score (nSPS) is 20.7. The summed E-state index contributed by atoms with van der Waals surface area (Å²) in [7, 11) is 0. The van der Waals surface area contributed by atoms with E-state index in [1.165, 1.54) is 0 Å². The molecular formula is C12H14ClF3N2O. The number of ether oxygens (including phenoxy) is 1. The number of hydrogen-bond acceptors (Lipinski definition) is 3. The molecule has 0 saturated carbocycles. The van der Waals surface area contributed by atoms with Crippen LogP contribution in [0.3, 0.4) is 0 Å². The van der Waals surface area contributed by atoms with Gasteiger partial charge in [0.15, 0.2) is 0 Å². The van der Waals surface area contributed by atoms with Crippen LogP contribution in [-0.4, -0.2) is 30.8 Å². The van der Waals surface area contributed by atoms with Gasteiger partial charge in [0, 0.05) is 6.54 Å². The molecule has 0 spiro atoms. The number of halogens is 4. The zero-order valence-corrected chi connectivity index (χ0v) is 11.1. The monoisotopic (exact) mass is 294 g/mol. The average molecular weight is 295 g/mol. The van der Waals surface area contributed by atoms with E-state index in [4.69, 9.17) is 16.3 Å². The van der Waals surface area contributed by atoms with Crippen LogP contribution in [0.25, 0.3) is 0 Å². The van der Waals surface area contributed by atoms with E-state index in [-0.39, 0.29) is 17.0 Å². The van der Waals surface area contributed by atoms with Gasteiger partial charge in [0.1, 0.15) is 11.0 Å². The molecule has 2 rings (SSSR count). The van der Waals surface area contributed by atoms with E-state index in [2.05, 4.69) is 4.98 Å². The quantitative estimate of drug-likeness (QED) is 0.782. The first-order valence-electron chi connectivity index (χ1n) is 6.01.